The first-order valence-electron chi connectivity index (χ1n) is 10.0. The van der Waals surface area contributed by atoms with Gasteiger partial charge in [-0.05, 0) is 64.7 Å². The van der Waals surface area contributed by atoms with Crippen molar-refractivity contribution in [3.63, 3.8) is 0 Å². The fraction of sp³-hybridized carbons (Fsp3) is 0.900. The van der Waals surface area contributed by atoms with Gasteiger partial charge in [-0.1, -0.05) is 19.3 Å². The Balaban J connectivity index is 1.84. The second-order valence-corrected chi connectivity index (χ2v) is 8.89. The van der Waals surface area contributed by atoms with Gasteiger partial charge in [-0.3, -0.25) is 4.79 Å². The molecule has 0 aromatic carbocycles. The summed E-state index contributed by atoms with van der Waals surface area (Å²) in [4.78, 5) is 24.1. The third-order valence-corrected chi connectivity index (χ3v) is 5.56. The van der Waals surface area contributed by atoms with Crippen molar-refractivity contribution in [1.82, 2.24) is 5.32 Å². The van der Waals surface area contributed by atoms with Crippen LogP contribution in [0.3, 0.4) is 0 Å². The van der Waals surface area contributed by atoms with Crippen molar-refractivity contribution in [3.8, 4) is 0 Å². The molecule has 1 saturated carbocycles. The molecule has 150 valence electrons. The minimum absolute atomic E-state index is 0.152. The fourth-order valence-electron chi connectivity index (χ4n) is 3.88. The third kappa shape index (κ3) is 6.45. The van der Waals surface area contributed by atoms with Crippen molar-refractivity contribution in [2.24, 2.45) is 17.3 Å². The predicted molar refractivity (Wildman–Crippen MR) is 99.0 cm³/mol. The summed E-state index contributed by atoms with van der Waals surface area (Å²) >= 11 is 0. The van der Waals surface area contributed by atoms with Crippen LogP contribution in [0.15, 0.2) is 0 Å². The van der Waals surface area contributed by atoms with Crippen molar-refractivity contribution >= 4 is 12.1 Å². The van der Waals surface area contributed by atoms with Crippen LogP contribution in [-0.2, 0) is 14.3 Å². The smallest absolute Gasteiger partial charge is 0.407 e. The number of unbranched alkanes of at least 4 members (excludes halogenated alkanes) is 1. The van der Waals surface area contributed by atoms with Crippen LogP contribution in [0, 0.1) is 17.3 Å². The first kappa shape index (κ1) is 21.0. The molecule has 2 rings (SSSR count). The summed E-state index contributed by atoms with van der Waals surface area (Å²) in [6.07, 6.45) is 7.25. The van der Waals surface area contributed by atoms with E-state index < -0.39 is 23.1 Å². The fourth-order valence-corrected chi connectivity index (χ4v) is 3.88. The highest BCUT2D eigenvalue weighted by Gasteiger charge is 2.50. The molecule has 0 spiro atoms. The Hall–Kier alpha value is -1.30. The molecular weight excluding hydrogens is 334 g/mol. The largest absolute Gasteiger partial charge is 0.481 e. The van der Waals surface area contributed by atoms with E-state index in [1.165, 1.54) is 0 Å². The number of hydrogen-bond donors (Lipinski definition) is 2. The predicted octanol–water partition coefficient (Wildman–Crippen LogP) is 3.98. The van der Waals surface area contributed by atoms with Crippen LogP contribution in [-0.4, -0.2) is 42.5 Å². The Morgan fingerprint density at radius 2 is 1.77 bits per heavy atom. The molecule has 1 atom stereocenters. The van der Waals surface area contributed by atoms with Crippen LogP contribution in [0.1, 0.15) is 72.1 Å². The Kier molecular flexibility index (Phi) is 7.33. The average Bonchev–Trinajstić information content (AvgIpc) is 3.38. The van der Waals surface area contributed by atoms with Crippen molar-refractivity contribution in [1.29, 1.82) is 0 Å². The molecule has 2 fully saturated rings. The van der Waals surface area contributed by atoms with Gasteiger partial charge in [0.1, 0.15) is 5.60 Å². The number of hydrogen-bond acceptors (Lipinski definition) is 4. The van der Waals surface area contributed by atoms with Gasteiger partial charge in [0.2, 0.25) is 0 Å². The molecule has 1 heterocycles. The Morgan fingerprint density at radius 3 is 2.31 bits per heavy atom. The quantitative estimate of drug-likeness (QED) is 0.601. The molecule has 1 saturated heterocycles. The number of carbonyl (C=O) groups excluding carboxylic acids is 1. The monoisotopic (exact) mass is 369 g/mol. The minimum atomic E-state index is -0.855. The molecule has 1 aliphatic heterocycles. The lowest BCUT2D eigenvalue weighted by molar-refractivity contribution is -0.150. The zero-order valence-electron chi connectivity index (χ0n) is 16.5. The third-order valence-electron chi connectivity index (χ3n) is 5.56. The number of ether oxygens (including phenoxy) is 2. The second kappa shape index (κ2) is 9.07. The number of carboxylic acids is 1. The topological polar surface area (TPSA) is 84.9 Å². The molecule has 0 aromatic rings. The Bertz CT molecular complexity index is 477. The maximum atomic E-state index is 12.1. The maximum Gasteiger partial charge on any atom is 0.407 e. The van der Waals surface area contributed by atoms with E-state index in [0.29, 0.717) is 12.3 Å². The van der Waals surface area contributed by atoms with E-state index in [2.05, 4.69) is 5.32 Å². The van der Waals surface area contributed by atoms with Gasteiger partial charge in [-0.25, -0.2) is 4.79 Å². The summed E-state index contributed by atoms with van der Waals surface area (Å²) in [6, 6.07) is 0. The molecule has 26 heavy (non-hydrogen) atoms. The number of rotatable bonds is 9. The van der Waals surface area contributed by atoms with Gasteiger partial charge in [0.25, 0.3) is 0 Å². The van der Waals surface area contributed by atoms with Gasteiger partial charge in [0.15, 0.2) is 0 Å². The lowest BCUT2D eigenvalue weighted by Crippen LogP contribution is -2.46. The number of alkyl carbamates (subject to hydrolysis) is 1. The van der Waals surface area contributed by atoms with Gasteiger partial charge < -0.3 is 19.9 Å². The van der Waals surface area contributed by atoms with Crippen molar-refractivity contribution in [2.75, 3.05) is 19.8 Å². The van der Waals surface area contributed by atoms with Crippen LogP contribution in [0.5, 0.6) is 0 Å². The SMILES string of the molecule is CC(C)(C)OC(=O)NCC(CCCCC1CCOCC1)(C(=O)O)C1CC1. The van der Waals surface area contributed by atoms with E-state index in [-0.39, 0.29) is 12.5 Å². The molecule has 6 heteroatoms. The van der Waals surface area contributed by atoms with Gasteiger partial charge in [-0.2, -0.15) is 0 Å². The molecule has 1 aliphatic carbocycles. The molecule has 1 unspecified atom stereocenters. The lowest BCUT2D eigenvalue weighted by atomic mass is 9.77. The minimum Gasteiger partial charge on any atom is -0.481 e. The molecule has 6 nitrogen and oxygen atoms in total. The zero-order chi connectivity index (χ0) is 19.2. The zero-order valence-corrected chi connectivity index (χ0v) is 16.5. The molecule has 0 aromatic heterocycles. The highest BCUT2D eigenvalue weighted by molar-refractivity contribution is 5.77. The number of carboxylic acid groups (broad SMARTS) is 1. The van der Waals surface area contributed by atoms with E-state index in [1.807, 2.05) is 0 Å². The summed E-state index contributed by atoms with van der Waals surface area (Å²) < 4.78 is 10.7. The van der Waals surface area contributed by atoms with E-state index in [4.69, 9.17) is 9.47 Å². The van der Waals surface area contributed by atoms with Crippen LogP contribution in [0.4, 0.5) is 4.79 Å². The van der Waals surface area contributed by atoms with Gasteiger partial charge in [0.05, 0.1) is 5.41 Å². The number of amides is 1. The van der Waals surface area contributed by atoms with Gasteiger partial charge in [0, 0.05) is 19.8 Å². The first-order valence-corrected chi connectivity index (χ1v) is 10.0. The maximum absolute atomic E-state index is 12.1. The number of aliphatic carboxylic acids is 1. The van der Waals surface area contributed by atoms with Gasteiger partial charge >= 0.3 is 12.1 Å². The molecular formula is C20H35NO5. The van der Waals surface area contributed by atoms with Crippen molar-refractivity contribution in [3.05, 3.63) is 0 Å². The van der Waals surface area contributed by atoms with Crippen LogP contribution in [0.25, 0.3) is 0 Å². The molecule has 2 N–H and O–H groups in total. The molecule has 0 bridgehead atoms. The molecule has 0 radical (unpaired) electrons. The Morgan fingerprint density at radius 1 is 1.12 bits per heavy atom. The molecule has 1 amide bonds. The normalized spacial score (nSPS) is 21.0. The molecule has 2 aliphatic rings. The van der Waals surface area contributed by atoms with Crippen molar-refractivity contribution < 1.29 is 24.2 Å². The van der Waals surface area contributed by atoms with Crippen LogP contribution < -0.4 is 5.32 Å². The van der Waals surface area contributed by atoms with Gasteiger partial charge in [-0.15, -0.1) is 0 Å². The van der Waals surface area contributed by atoms with E-state index >= 15 is 0 Å². The van der Waals surface area contributed by atoms with Crippen LogP contribution in [0.2, 0.25) is 0 Å². The van der Waals surface area contributed by atoms with E-state index in [1.54, 1.807) is 20.8 Å². The van der Waals surface area contributed by atoms with Crippen LogP contribution >= 0.6 is 0 Å². The number of carbonyl (C=O) groups is 2. The Labute approximate surface area is 157 Å². The summed E-state index contributed by atoms with van der Waals surface area (Å²) in [5.74, 6) is 0.0870. The average molecular weight is 370 g/mol. The highest BCUT2D eigenvalue weighted by Crippen LogP contribution is 2.48. The standard InChI is InChI=1S/C20H35NO5/c1-19(2,3)26-18(24)21-14-20(17(22)23,16-7-8-16)11-5-4-6-15-9-12-25-13-10-15/h15-16H,4-14H2,1-3H3,(H,21,24)(H,22,23). The second-order valence-electron chi connectivity index (χ2n) is 8.89. The van der Waals surface area contributed by atoms with Crippen molar-refractivity contribution in [2.45, 2.75) is 77.7 Å². The first-order chi connectivity index (χ1) is 12.2. The van der Waals surface area contributed by atoms with E-state index in [0.717, 1.165) is 58.2 Å². The summed E-state index contributed by atoms with van der Waals surface area (Å²) in [6.45, 7) is 7.26. The van der Waals surface area contributed by atoms with E-state index in [9.17, 15) is 14.7 Å². The number of nitrogens with one attached hydrogen (secondary N) is 1. The summed E-state index contributed by atoms with van der Waals surface area (Å²) in [5.41, 5.74) is -1.44. The summed E-state index contributed by atoms with van der Waals surface area (Å²) in [7, 11) is 0. The summed E-state index contributed by atoms with van der Waals surface area (Å²) in [5, 5.41) is 12.6. The highest BCUT2D eigenvalue weighted by atomic mass is 16.6. The lowest BCUT2D eigenvalue weighted by Gasteiger charge is -2.31.